The summed E-state index contributed by atoms with van der Waals surface area (Å²) >= 11 is 0. The molecule has 0 fully saturated rings. The lowest BCUT2D eigenvalue weighted by Gasteiger charge is -2.19. The van der Waals surface area contributed by atoms with Gasteiger partial charge in [-0.25, -0.2) is 0 Å². The molecular weight excluding hydrogens is 230 g/mol. The first kappa shape index (κ1) is 12.3. The molecule has 0 radical (unpaired) electrons. The zero-order valence-corrected chi connectivity index (χ0v) is 10.3. The van der Waals surface area contributed by atoms with Crippen LogP contribution in [-0.4, -0.2) is 30.7 Å². The summed E-state index contributed by atoms with van der Waals surface area (Å²) in [5, 5.41) is 0. The van der Waals surface area contributed by atoms with Crippen LogP contribution in [0, 0.1) is 12.3 Å². The molecule has 1 heterocycles. The van der Waals surface area contributed by atoms with E-state index in [4.69, 9.17) is 15.9 Å². The second-order valence-electron chi connectivity index (χ2n) is 4.00. The molecule has 0 aliphatic carbocycles. The zero-order chi connectivity index (χ0) is 13.0. The molecule has 4 heteroatoms. The molecule has 1 aliphatic heterocycles. The minimum Gasteiger partial charge on any atom is -0.454 e. The van der Waals surface area contributed by atoms with Crippen LogP contribution in [0.1, 0.15) is 23.7 Å². The number of carbonyl (C=O) groups excluding carboxylic acids is 1. The zero-order valence-electron chi connectivity index (χ0n) is 10.3. The average Bonchev–Trinajstić information content (AvgIpc) is 2.84. The third-order valence-electron chi connectivity index (χ3n) is 2.68. The highest BCUT2D eigenvalue weighted by Crippen LogP contribution is 2.32. The van der Waals surface area contributed by atoms with Crippen molar-refractivity contribution in [2.24, 2.45) is 0 Å². The van der Waals surface area contributed by atoms with E-state index in [0.29, 0.717) is 30.2 Å². The number of hydrogen-bond donors (Lipinski definition) is 0. The van der Waals surface area contributed by atoms with E-state index in [2.05, 4.69) is 5.92 Å². The summed E-state index contributed by atoms with van der Waals surface area (Å²) in [6.07, 6.45) is 6.15. The molecule has 1 amide bonds. The van der Waals surface area contributed by atoms with Crippen LogP contribution in [0.4, 0.5) is 0 Å². The van der Waals surface area contributed by atoms with E-state index in [1.165, 1.54) is 0 Å². The number of hydrogen-bond acceptors (Lipinski definition) is 3. The van der Waals surface area contributed by atoms with Crippen molar-refractivity contribution in [1.82, 2.24) is 4.90 Å². The van der Waals surface area contributed by atoms with Crippen LogP contribution in [0.15, 0.2) is 18.2 Å². The van der Waals surface area contributed by atoms with Crippen LogP contribution in [0.25, 0.3) is 0 Å². The normalized spacial score (nSPS) is 12.0. The molecule has 0 unspecified atom stereocenters. The first-order valence-corrected chi connectivity index (χ1v) is 5.88. The van der Waals surface area contributed by atoms with Crippen molar-refractivity contribution in [2.75, 3.05) is 19.9 Å². The maximum atomic E-state index is 12.3. The van der Waals surface area contributed by atoms with E-state index in [0.717, 1.165) is 6.42 Å². The van der Waals surface area contributed by atoms with Gasteiger partial charge in [0.15, 0.2) is 11.5 Å². The highest BCUT2D eigenvalue weighted by atomic mass is 16.7. The molecule has 0 bridgehead atoms. The fourth-order valence-electron chi connectivity index (χ4n) is 1.84. The minimum absolute atomic E-state index is 0.0758. The average molecular weight is 245 g/mol. The SMILES string of the molecule is C#CCN(CCC)C(=O)c1ccc2c(c1)OCO2. The molecule has 1 aromatic rings. The lowest BCUT2D eigenvalue weighted by Crippen LogP contribution is -2.32. The van der Waals surface area contributed by atoms with Gasteiger partial charge in [0.1, 0.15) is 0 Å². The van der Waals surface area contributed by atoms with Crippen molar-refractivity contribution >= 4 is 5.91 Å². The van der Waals surface area contributed by atoms with Crippen molar-refractivity contribution < 1.29 is 14.3 Å². The second-order valence-corrected chi connectivity index (χ2v) is 4.00. The number of carbonyl (C=O) groups is 1. The van der Waals surface area contributed by atoms with Crippen molar-refractivity contribution in [1.29, 1.82) is 0 Å². The number of rotatable bonds is 4. The molecule has 1 aliphatic rings. The smallest absolute Gasteiger partial charge is 0.254 e. The van der Waals surface area contributed by atoms with Gasteiger partial charge in [-0.1, -0.05) is 12.8 Å². The molecular formula is C14H15NO3. The second kappa shape index (κ2) is 5.46. The molecule has 18 heavy (non-hydrogen) atoms. The van der Waals surface area contributed by atoms with Crippen LogP contribution in [0.5, 0.6) is 11.5 Å². The summed E-state index contributed by atoms with van der Waals surface area (Å²) in [5.41, 5.74) is 0.572. The summed E-state index contributed by atoms with van der Waals surface area (Å²) in [5.74, 6) is 3.71. The molecule has 0 saturated carbocycles. The Morgan fingerprint density at radius 2 is 2.22 bits per heavy atom. The standard InChI is InChI=1S/C14H15NO3/c1-3-7-15(8-4-2)14(16)11-5-6-12-13(9-11)18-10-17-12/h1,5-6,9H,4,7-8,10H2,2H3. The summed E-state index contributed by atoms with van der Waals surface area (Å²) in [4.78, 5) is 13.9. The highest BCUT2D eigenvalue weighted by Gasteiger charge is 2.19. The Bertz CT molecular complexity index is 490. The van der Waals surface area contributed by atoms with Crippen LogP contribution in [0.2, 0.25) is 0 Å². The number of benzene rings is 1. The minimum atomic E-state index is -0.0758. The molecule has 0 atom stereocenters. The maximum absolute atomic E-state index is 12.3. The van der Waals surface area contributed by atoms with Crippen LogP contribution >= 0.6 is 0 Å². The fraction of sp³-hybridized carbons (Fsp3) is 0.357. The molecule has 0 aromatic heterocycles. The summed E-state index contributed by atoms with van der Waals surface area (Å²) < 4.78 is 10.5. The predicted molar refractivity (Wildman–Crippen MR) is 67.6 cm³/mol. The Morgan fingerprint density at radius 1 is 1.44 bits per heavy atom. The van der Waals surface area contributed by atoms with Gasteiger partial charge in [0, 0.05) is 12.1 Å². The Kier molecular flexibility index (Phi) is 3.73. The number of amides is 1. The third-order valence-corrected chi connectivity index (χ3v) is 2.68. The van der Waals surface area contributed by atoms with Gasteiger partial charge in [-0.2, -0.15) is 0 Å². The third kappa shape index (κ3) is 2.40. The topological polar surface area (TPSA) is 38.8 Å². The van der Waals surface area contributed by atoms with Crippen LogP contribution < -0.4 is 9.47 Å². The number of nitrogens with zero attached hydrogens (tertiary/aromatic N) is 1. The van der Waals surface area contributed by atoms with E-state index < -0.39 is 0 Å². The van der Waals surface area contributed by atoms with Crippen molar-refractivity contribution in [3.8, 4) is 23.8 Å². The Hall–Kier alpha value is -2.15. The van der Waals surface area contributed by atoms with Gasteiger partial charge in [-0.05, 0) is 24.6 Å². The number of fused-ring (bicyclic) bond motifs is 1. The van der Waals surface area contributed by atoms with Gasteiger partial charge in [0.05, 0.1) is 6.54 Å². The van der Waals surface area contributed by atoms with Gasteiger partial charge < -0.3 is 14.4 Å². The summed E-state index contributed by atoms with van der Waals surface area (Å²) in [7, 11) is 0. The van der Waals surface area contributed by atoms with Gasteiger partial charge in [-0.15, -0.1) is 6.42 Å². The first-order chi connectivity index (χ1) is 8.76. The van der Waals surface area contributed by atoms with E-state index in [9.17, 15) is 4.79 Å². The molecule has 2 rings (SSSR count). The summed E-state index contributed by atoms with van der Waals surface area (Å²) in [6, 6.07) is 5.18. The maximum Gasteiger partial charge on any atom is 0.254 e. The van der Waals surface area contributed by atoms with E-state index >= 15 is 0 Å². The largest absolute Gasteiger partial charge is 0.454 e. The van der Waals surface area contributed by atoms with Crippen LogP contribution in [-0.2, 0) is 0 Å². The Morgan fingerprint density at radius 3 is 2.94 bits per heavy atom. The molecule has 94 valence electrons. The van der Waals surface area contributed by atoms with Gasteiger partial charge >= 0.3 is 0 Å². The summed E-state index contributed by atoms with van der Waals surface area (Å²) in [6.45, 7) is 3.19. The quantitative estimate of drug-likeness (QED) is 0.760. The lowest BCUT2D eigenvalue weighted by molar-refractivity contribution is 0.0776. The molecule has 4 nitrogen and oxygen atoms in total. The molecule has 0 N–H and O–H groups in total. The Labute approximate surface area is 106 Å². The first-order valence-electron chi connectivity index (χ1n) is 5.88. The monoisotopic (exact) mass is 245 g/mol. The Balaban J connectivity index is 2.19. The van der Waals surface area contributed by atoms with Crippen LogP contribution in [0.3, 0.4) is 0 Å². The molecule has 1 aromatic carbocycles. The molecule has 0 saturated heterocycles. The molecule has 0 spiro atoms. The van der Waals surface area contributed by atoms with E-state index in [-0.39, 0.29) is 12.7 Å². The van der Waals surface area contributed by atoms with E-state index in [1.807, 2.05) is 6.92 Å². The fourth-order valence-corrected chi connectivity index (χ4v) is 1.84. The number of ether oxygens (including phenoxy) is 2. The highest BCUT2D eigenvalue weighted by molar-refractivity contribution is 5.95. The van der Waals surface area contributed by atoms with Gasteiger partial charge in [0.25, 0.3) is 5.91 Å². The van der Waals surface area contributed by atoms with Crippen molar-refractivity contribution in [2.45, 2.75) is 13.3 Å². The number of terminal acetylenes is 1. The predicted octanol–water partition coefficient (Wildman–Crippen LogP) is 1.90. The van der Waals surface area contributed by atoms with Crippen molar-refractivity contribution in [3.63, 3.8) is 0 Å². The lowest BCUT2D eigenvalue weighted by atomic mass is 10.1. The van der Waals surface area contributed by atoms with E-state index in [1.54, 1.807) is 23.1 Å². The van der Waals surface area contributed by atoms with Gasteiger partial charge in [-0.3, -0.25) is 4.79 Å². The van der Waals surface area contributed by atoms with Crippen molar-refractivity contribution in [3.05, 3.63) is 23.8 Å². The van der Waals surface area contributed by atoms with Gasteiger partial charge in [0.2, 0.25) is 6.79 Å².